The number of amides is 1. The lowest BCUT2D eigenvalue weighted by molar-refractivity contribution is -0.121. The van der Waals surface area contributed by atoms with E-state index in [2.05, 4.69) is 10.3 Å². The number of benzene rings is 1. The molecule has 5 heteroatoms. The molecule has 0 unspecified atom stereocenters. The number of carbonyl (C=O) groups excluding carboxylic acids is 2. The van der Waals surface area contributed by atoms with Gasteiger partial charge in [0.1, 0.15) is 5.65 Å². The van der Waals surface area contributed by atoms with E-state index >= 15 is 0 Å². The lowest BCUT2D eigenvalue weighted by Crippen LogP contribution is -2.23. The molecule has 0 radical (unpaired) electrons. The third-order valence-corrected chi connectivity index (χ3v) is 3.83. The average Bonchev–Trinajstić information content (AvgIpc) is 3.01. The summed E-state index contributed by atoms with van der Waals surface area (Å²) in [6.07, 6.45) is 4.18. The number of aromatic nitrogens is 2. The third kappa shape index (κ3) is 3.87. The van der Waals surface area contributed by atoms with E-state index in [1.54, 1.807) is 12.1 Å². The zero-order valence-corrected chi connectivity index (χ0v) is 13.5. The zero-order chi connectivity index (χ0) is 16.9. The number of fused-ring (bicyclic) bond motifs is 1. The summed E-state index contributed by atoms with van der Waals surface area (Å²) in [5.74, 6) is -0.162. The van der Waals surface area contributed by atoms with E-state index < -0.39 is 0 Å². The summed E-state index contributed by atoms with van der Waals surface area (Å²) in [6.45, 7) is 2.33. The van der Waals surface area contributed by atoms with E-state index in [-0.39, 0.29) is 24.5 Å². The number of ketones is 1. The first-order valence-electron chi connectivity index (χ1n) is 7.91. The van der Waals surface area contributed by atoms with Crippen molar-refractivity contribution in [3.8, 4) is 0 Å². The predicted octanol–water partition coefficient (Wildman–Crippen LogP) is 2.92. The first kappa shape index (κ1) is 15.9. The number of carbonyl (C=O) groups is 2. The topological polar surface area (TPSA) is 63.5 Å². The standard InChI is InChI=1S/C19H19N3O2/c1-14-5-7-15(8-6-14)17(23)9-10-19(24)20-12-16-13-22-11-3-2-4-18(22)21-16/h2-8,11,13H,9-10,12H2,1H3,(H,20,24). The Kier molecular flexibility index (Phi) is 4.70. The van der Waals surface area contributed by atoms with Crippen molar-refractivity contribution in [1.29, 1.82) is 0 Å². The van der Waals surface area contributed by atoms with Crippen molar-refractivity contribution >= 4 is 17.3 Å². The fourth-order valence-corrected chi connectivity index (χ4v) is 2.46. The molecule has 5 nitrogen and oxygen atoms in total. The van der Waals surface area contributed by atoms with Crippen LogP contribution in [0.25, 0.3) is 5.65 Å². The first-order chi connectivity index (χ1) is 11.6. The van der Waals surface area contributed by atoms with Crippen molar-refractivity contribution in [2.45, 2.75) is 26.3 Å². The molecule has 2 aromatic heterocycles. The quantitative estimate of drug-likeness (QED) is 0.710. The normalized spacial score (nSPS) is 10.7. The third-order valence-electron chi connectivity index (χ3n) is 3.83. The number of imidazole rings is 1. The number of hydrogen-bond donors (Lipinski definition) is 1. The zero-order valence-electron chi connectivity index (χ0n) is 13.5. The highest BCUT2D eigenvalue weighted by atomic mass is 16.2. The van der Waals surface area contributed by atoms with Gasteiger partial charge in [-0.05, 0) is 19.1 Å². The van der Waals surface area contributed by atoms with Gasteiger partial charge in [-0.25, -0.2) is 4.98 Å². The van der Waals surface area contributed by atoms with E-state index in [0.29, 0.717) is 12.1 Å². The van der Waals surface area contributed by atoms with Crippen LogP contribution >= 0.6 is 0 Å². The van der Waals surface area contributed by atoms with Crippen molar-refractivity contribution in [1.82, 2.24) is 14.7 Å². The molecule has 0 aliphatic carbocycles. The molecule has 0 aliphatic rings. The van der Waals surface area contributed by atoms with E-state index in [1.165, 1.54) is 0 Å². The van der Waals surface area contributed by atoms with Crippen LogP contribution < -0.4 is 5.32 Å². The van der Waals surface area contributed by atoms with Gasteiger partial charge < -0.3 is 9.72 Å². The van der Waals surface area contributed by atoms with E-state index in [1.807, 2.05) is 54.0 Å². The SMILES string of the molecule is Cc1ccc(C(=O)CCC(=O)NCc2cn3ccccc3n2)cc1. The van der Waals surface area contributed by atoms with Crippen LogP contribution in [0.3, 0.4) is 0 Å². The molecule has 3 aromatic rings. The van der Waals surface area contributed by atoms with Crippen molar-refractivity contribution in [2.75, 3.05) is 0 Å². The molecule has 1 amide bonds. The highest BCUT2D eigenvalue weighted by Gasteiger charge is 2.10. The lowest BCUT2D eigenvalue weighted by Gasteiger charge is -2.03. The minimum absolute atomic E-state index is 0.0159. The Morgan fingerprint density at radius 3 is 2.62 bits per heavy atom. The Morgan fingerprint density at radius 1 is 1.08 bits per heavy atom. The van der Waals surface area contributed by atoms with Gasteiger partial charge in [0.05, 0.1) is 12.2 Å². The molecule has 1 aromatic carbocycles. The Balaban J connectivity index is 1.48. The molecule has 122 valence electrons. The molecule has 0 spiro atoms. The van der Waals surface area contributed by atoms with Gasteiger partial charge in [-0.15, -0.1) is 0 Å². The molecule has 2 heterocycles. The van der Waals surface area contributed by atoms with Gasteiger partial charge in [0.2, 0.25) is 5.91 Å². The van der Waals surface area contributed by atoms with Gasteiger partial charge in [-0.1, -0.05) is 35.9 Å². The summed E-state index contributed by atoms with van der Waals surface area (Å²) >= 11 is 0. The molecule has 0 saturated heterocycles. The summed E-state index contributed by atoms with van der Waals surface area (Å²) in [5, 5.41) is 2.81. The smallest absolute Gasteiger partial charge is 0.220 e. The van der Waals surface area contributed by atoms with Gasteiger partial charge in [-0.3, -0.25) is 9.59 Å². The van der Waals surface area contributed by atoms with Crippen LogP contribution in [0.4, 0.5) is 0 Å². The van der Waals surface area contributed by atoms with E-state index in [4.69, 9.17) is 0 Å². The van der Waals surface area contributed by atoms with Gasteiger partial charge in [0.15, 0.2) is 5.78 Å². The molecule has 1 N–H and O–H groups in total. The lowest BCUT2D eigenvalue weighted by atomic mass is 10.1. The van der Waals surface area contributed by atoms with Crippen LogP contribution in [-0.4, -0.2) is 21.1 Å². The average molecular weight is 321 g/mol. The second-order valence-corrected chi connectivity index (χ2v) is 5.76. The van der Waals surface area contributed by atoms with Gasteiger partial charge >= 0.3 is 0 Å². The summed E-state index contributed by atoms with van der Waals surface area (Å²) in [6, 6.07) is 13.1. The maximum Gasteiger partial charge on any atom is 0.220 e. The second-order valence-electron chi connectivity index (χ2n) is 5.76. The summed E-state index contributed by atoms with van der Waals surface area (Å²) in [7, 11) is 0. The van der Waals surface area contributed by atoms with Crippen molar-refractivity contribution in [2.24, 2.45) is 0 Å². The van der Waals surface area contributed by atoms with E-state index in [9.17, 15) is 9.59 Å². The Bertz CT molecular complexity index is 833. The van der Waals surface area contributed by atoms with E-state index in [0.717, 1.165) is 16.9 Å². The number of nitrogens with zero attached hydrogens (tertiary/aromatic N) is 2. The van der Waals surface area contributed by atoms with Crippen LogP contribution in [0.5, 0.6) is 0 Å². The number of aryl methyl sites for hydroxylation is 1. The number of pyridine rings is 1. The number of nitrogens with one attached hydrogen (secondary N) is 1. The summed E-state index contributed by atoms with van der Waals surface area (Å²) in [5.41, 5.74) is 3.39. The van der Waals surface area contributed by atoms with Gasteiger partial charge in [-0.2, -0.15) is 0 Å². The second kappa shape index (κ2) is 7.08. The minimum atomic E-state index is -0.146. The van der Waals surface area contributed by atoms with Crippen LogP contribution in [-0.2, 0) is 11.3 Å². The first-order valence-corrected chi connectivity index (χ1v) is 7.91. The number of rotatable bonds is 6. The van der Waals surface area contributed by atoms with Crippen molar-refractivity contribution in [3.05, 3.63) is 71.7 Å². The van der Waals surface area contributed by atoms with Gasteiger partial charge in [0.25, 0.3) is 0 Å². The fourth-order valence-electron chi connectivity index (χ4n) is 2.46. The Labute approximate surface area is 140 Å². The molecule has 0 bridgehead atoms. The molecular formula is C19H19N3O2. The molecule has 0 atom stereocenters. The summed E-state index contributed by atoms with van der Waals surface area (Å²) in [4.78, 5) is 28.4. The van der Waals surface area contributed by atoms with Crippen LogP contribution in [0, 0.1) is 6.92 Å². The molecular weight excluding hydrogens is 302 g/mol. The van der Waals surface area contributed by atoms with Crippen LogP contribution in [0.15, 0.2) is 54.9 Å². The minimum Gasteiger partial charge on any atom is -0.350 e. The fraction of sp³-hybridized carbons (Fsp3) is 0.211. The highest BCUT2D eigenvalue weighted by Crippen LogP contribution is 2.08. The predicted molar refractivity (Wildman–Crippen MR) is 91.8 cm³/mol. The Hall–Kier alpha value is -2.95. The Morgan fingerprint density at radius 2 is 1.88 bits per heavy atom. The van der Waals surface area contributed by atoms with Crippen LogP contribution in [0.2, 0.25) is 0 Å². The molecule has 0 aliphatic heterocycles. The number of Topliss-reactive ketones (excluding diaryl/α,β-unsaturated/α-hetero) is 1. The maximum atomic E-state index is 12.1. The van der Waals surface area contributed by atoms with Crippen LogP contribution in [0.1, 0.15) is 34.5 Å². The molecule has 3 rings (SSSR count). The van der Waals surface area contributed by atoms with Gasteiger partial charge in [0, 0.05) is 30.8 Å². The molecule has 0 fully saturated rings. The monoisotopic (exact) mass is 321 g/mol. The molecule has 0 saturated carbocycles. The maximum absolute atomic E-state index is 12.1. The number of hydrogen-bond acceptors (Lipinski definition) is 3. The molecule has 24 heavy (non-hydrogen) atoms. The van der Waals surface area contributed by atoms with Crippen molar-refractivity contribution in [3.63, 3.8) is 0 Å². The summed E-state index contributed by atoms with van der Waals surface area (Å²) < 4.78 is 1.91. The van der Waals surface area contributed by atoms with Crippen molar-refractivity contribution < 1.29 is 9.59 Å². The largest absolute Gasteiger partial charge is 0.350 e. The highest BCUT2D eigenvalue weighted by molar-refractivity contribution is 5.97.